The minimum atomic E-state index is -0.550. The van der Waals surface area contributed by atoms with Gasteiger partial charge < -0.3 is 23.9 Å². The monoisotopic (exact) mass is 497 g/mol. The van der Waals surface area contributed by atoms with Gasteiger partial charge in [0.25, 0.3) is 11.8 Å². The lowest BCUT2D eigenvalue weighted by molar-refractivity contribution is -0.145. The fourth-order valence-corrected chi connectivity index (χ4v) is 6.35. The van der Waals surface area contributed by atoms with Crippen LogP contribution in [0.25, 0.3) is 0 Å². The van der Waals surface area contributed by atoms with E-state index < -0.39 is 5.97 Å². The van der Waals surface area contributed by atoms with Gasteiger partial charge in [-0.25, -0.2) is 4.79 Å². The molecule has 3 aliphatic rings. The highest BCUT2D eigenvalue weighted by Crippen LogP contribution is 2.42. The standard InChI is InChI=1S/C26H31N3O5S/c1-2-34-26(32)22-23(27-10-12-28(13-11-27)24(30)21-8-5-15-35-21)19-6-3-4-7-20(19)29(25(22)31)16-18-9-14-33-17-18/h5,8-9,14-15,17,19-20H,2-4,6-7,10-13,16H2,1H3. The molecule has 2 aromatic rings. The zero-order valence-corrected chi connectivity index (χ0v) is 20.8. The van der Waals surface area contributed by atoms with Crippen LogP contribution < -0.4 is 0 Å². The van der Waals surface area contributed by atoms with Crippen molar-refractivity contribution in [1.82, 2.24) is 14.7 Å². The van der Waals surface area contributed by atoms with Gasteiger partial charge in [-0.2, -0.15) is 0 Å². The van der Waals surface area contributed by atoms with Gasteiger partial charge in [-0.15, -0.1) is 11.3 Å². The van der Waals surface area contributed by atoms with Crippen molar-refractivity contribution < 1.29 is 23.5 Å². The largest absolute Gasteiger partial charge is 0.472 e. The maximum Gasteiger partial charge on any atom is 0.345 e. The summed E-state index contributed by atoms with van der Waals surface area (Å²) < 4.78 is 10.6. The van der Waals surface area contributed by atoms with Crippen LogP contribution in [0.4, 0.5) is 0 Å². The summed E-state index contributed by atoms with van der Waals surface area (Å²) in [5, 5.41) is 1.91. The summed E-state index contributed by atoms with van der Waals surface area (Å²) in [5.41, 5.74) is 1.90. The number of amides is 2. The van der Waals surface area contributed by atoms with Gasteiger partial charge in [0.15, 0.2) is 0 Å². The Balaban J connectivity index is 1.45. The molecule has 2 amide bonds. The Morgan fingerprint density at radius 1 is 1.14 bits per heavy atom. The molecule has 1 saturated carbocycles. The molecule has 1 saturated heterocycles. The first kappa shape index (κ1) is 23.7. The van der Waals surface area contributed by atoms with E-state index in [1.54, 1.807) is 19.5 Å². The average molecular weight is 498 g/mol. The molecule has 2 unspecified atom stereocenters. The summed E-state index contributed by atoms with van der Waals surface area (Å²) in [6.45, 7) is 4.67. The van der Waals surface area contributed by atoms with Gasteiger partial charge in [-0.1, -0.05) is 18.9 Å². The molecule has 9 heteroatoms. The number of hydrogen-bond acceptors (Lipinski definition) is 7. The number of esters is 1. The van der Waals surface area contributed by atoms with Gasteiger partial charge >= 0.3 is 5.97 Å². The molecule has 2 fully saturated rings. The van der Waals surface area contributed by atoms with Crippen LogP contribution in [0.1, 0.15) is 47.8 Å². The Bertz CT molecular complexity index is 1090. The van der Waals surface area contributed by atoms with E-state index >= 15 is 0 Å². The van der Waals surface area contributed by atoms with E-state index in [0.29, 0.717) is 32.7 Å². The first-order valence-electron chi connectivity index (χ1n) is 12.4. The molecule has 0 aromatic carbocycles. The van der Waals surface area contributed by atoms with Gasteiger partial charge in [-0.3, -0.25) is 9.59 Å². The van der Waals surface area contributed by atoms with Crippen LogP contribution in [-0.4, -0.2) is 71.3 Å². The van der Waals surface area contributed by atoms with Crippen molar-refractivity contribution >= 4 is 29.1 Å². The molecular weight excluding hydrogens is 466 g/mol. The maximum atomic E-state index is 13.9. The van der Waals surface area contributed by atoms with E-state index in [-0.39, 0.29) is 36.0 Å². The van der Waals surface area contributed by atoms with E-state index in [4.69, 9.17) is 9.15 Å². The lowest BCUT2D eigenvalue weighted by Crippen LogP contribution is -2.57. The first-order valence-corrected chi connectivity index (χ1v) is 13.3. The predicted octanol–water partition coefficient (Wildman–Crippen LogP) is 3.52. The second-order valence-electron chi connectivity index (χ2n) is 9.26. The quantitative estimate of drug-likeness (QED) is 0.449. The van der Waals surface area contributed by atoms with Crippen LogP contribution in [0.3, 0.4) is 0 Å². The molecule has 4 heterocycles. The molecule has 2 aliphatic heterocycles. The Morgan fingerprint density at radius 2 is 1.94 bits per heavy atom. The number of nitrogens with zero attached hydrogens (tertiary/aromatic N) is 3. The van der Waals surface area contributed by atoms with Gasteiger partial charge in [-0.05, 0) is 37.3 Å². The Morgan fingerprint density at radius 3 is 2.63 bits per heavy atom. The topological polar surface area (TPSA) is 83.3 Å². The minimum absolute atomic E-state index is 0.0325. The minimum Gasteiger partial charge on any atom is -0.472 e. The maximum absolute atomic E-state index is 13.9. The highest BCUT2D eigenvalue weighted by Gasteiger charge is 2.47. The zero-order chi connectivity index (χ0) is 24.4. The van der Waals surface area contributed by atoms with Crippen LogP contribution in [0, 0.1) is 5.92 Å². The molecule has 2 atom stereocenters. The number of ether oxygens (including phenoxy) is 1. The van der Waals surface area contributed by atoms with Crippen LogP contribution in [-0.2, 0) is 20.9 Å². The molecule has 0 bridgehead atoms. The SMILES string of the molecule is CCOC(=O)C1=C(N2CCN(C(=O)c3cccs3)CC2)C2CCCCC2N(Cc2ccoc2)C1=O. The number of carbonyl (C=O) groups excluding carboxylic acids is 3. The summed E-state index contributed by atoms with van der Waals surface area (Å²) in [6.07, 6.45) is 7.20. The van der Waals surface area contributed by atoms with Crippen molar-refractivity contribution in [3.63, 3.8) is 0 Å². The van der Waals surface area contributed by atoms with Crippen LogP contribution >= 0.6 is 11.3 Å². The fraction of sp³-hybridized carbons (Fsp3) is 0.500. The van der Waals surface area contributed by atoms with E-state index in [1.165, 1.54) is 11.3 Å². The Hall–Kier alpha value is -3.07. The summed E-state index contributed by atoms with van der Waals surface area (Å²) in [7, 11) is 0. The normalized spacial score (nSPS) is 22.9. The van der Waals surface area contributed by atoms with Crippen molar-refractivity contribution in [1.29, 1.82) is 0 Å². The van der Waals surface area contributed by atoms with Crippen LogP contribution in [0.5, 0.6) is 0 Å². The number of furan rings is 1. The van der Waals surface area contributed by atoms with Gasteiger partial charge in [0.2, 0.25) is 0 Å². The number of carbonyl (C=O) groups is 3. The third-order valence-electron chi connectivity index (χ3n) is 7.26. The van der Waals surface area contributed by atoms with Gasteiger partial charge in [0.05, 0.1) is 24.0 Å². The summed E-state index contributed by atoms with van der Waals surface area (Å²) >= 11 is 1.45. The van der Waals surface area contributed by atoms with Crippen molar-refractivity contribution in [2.75, 3.05) is 32.8 Å². The third kappa shape index (κ3) is 4.61. The third-order valence-corrected chi connectivity index (χ3v) is 8.12. The second-order valence-corrected chi connectivity index (χ2v) is 10.2. The Kier molecular flexibility index (Phi) is 6.95. The number of thiophene rings is 1. The molecule has 0 radical (unpaired) electrons. The van der Waals surface area contributed by atoms with Crippen LogP contribution in [0.15, 0.2) is 51.8 Å². The summed E-state index contributed by atoms with van der Waals surface area (Å²) in [4.78, 5) is 46.5. The Labute approximate surface area is 209 Å². The fourth-order valence-electron chi connectivity index (χ4n) is 5.66. The number of rotatable bonds is 6. The molecule has 35 heavy (non-hydrogen) atoms. The number of piperazine rings is 1. The summed E-state index contributed by atoms with van der Waals surface area (Å²) in [6, 6.07) is 5.63. The van der Waals surface area contributed by atoms with E-state index in [2.05, 4.69) is 4.90 Å². The molecule has 186 valence electrons. The van der Waals surface area contributed by atoms with E-state index in [1.807, 2.05) is 33.4 Å². The molecular formula is C26H31N3O5S. The molecule has 5 rings (SSSR count). The number of fused-ring (bicyclic) bond motifs is 1. The van der Waals surface area contributed by atoms with E-state index in [0.717, 1.165) is 41.8 Å². The van der Waals surface area contributed by atoms with Crippen molar-refractivity contribution in [2.24, 2.45) is 5.92 Å². The molecule has 0 spiro atoms. The average Bonchev–Trinajstić information content (AvgIpc) is 3.60. The van der Waals surface area contributed by atoms with Crippen molar-refractivity contribution in [2.45, 2.75) is 45.2 Å². The number of hydrogen-bond donors (Lipinski definition) is 0. The lowest BCUT2D eigenvalue weighted by Gasteiger charge is -2.49. The van der Waals surface area contributed by atoms with Gasteiger partial charge in [0, 0.05) is 55.9 Å². The van der Waals surface area contributed by atoms with Gasteiger partial charge in [0.1, 0.15) is 5.57 Å². The van der Waals surface area contributed by atoms with Crippen molar-refractivity contribution in [3.8, 4) is 0 Å². The predicted molar refractivity (Wildman–Crippen MR) is 130 cm³/mol. The molecule has 8 nitrogen and oxygen atoms in total. The molecule has 2 aromatic heterocycles. The summed E-state index contributed by atoms with van der Waals surface area (Å²) in [5.74, 6) is -0.696. The zero-order valence-electron chi connectivity index (χ0n) is 20.0. The van der Waals surface area contributed by atoms with Crippen molar-refractivity contribution in [3.05, 3.63) is 57.8 Å². The molecule has 0 N–H and O–H groups in total. The highest BCUT2D eigenvalue weighted by atomic mass is 32.1. The highest BCUT2D eigenvalue weighted by molar-refractivity contribution is 7.12. The van der Waals surface area contributed by atoms with E-state index in [9.17, 15) is 14.4 Å². The van der Waals surface area contributed by atoms with Crippen LogP contribution in [0.2, 0.25) is 0 Å². The lowest BCUT2D eigenvalue weighted by atomic mass is 9.76. The first-order chi connectivity index (χ1) is 17.1. The molecule has 1 aliphatic carbocycles. The second kappa shape index (κ2) is 10.3. The smallest absolute Gasteiger partial charge is 0.345 e.